The number of methoxy groups -OCH3 is 1. The number of Topliss-reactive ketones (excluding diaryl/α,β-unsaturated/α-hetero) is 1. The summed E-state index contributed by atoms with van der Waals surface area (Å²) in [4.78, 5) is 12.1. The lowest BCUT2D eigenvalue weighted by molar-refractivity contribution is 0.0973. The van der Waals surface area contributed by atoms with Gasteiger partial charge in [0.2, 0.25) is 0 Å². The van der Waals surface area contributed by atoms with Crippen LogP contribution in [0, 0.1) is 0 Å². The van der Waals surface area contributed by atoms with Crippen molar-refractivity contribution in [3.8, 4) is 5.75 Å². The number of fused-ring (bicyclic) bond motifs is 3. The van der Waals surface area contributed by atoms with E-state index in [4.69, 9.17) is 4.74 Å². The summed E-state index contributed by atoms with van der Waals surface area (Å²) in [5.74, 6) is 1.08. The molecule has 1 aliphatic carbocycles. The minimum Gasteiger partial charge on any atom is -0.497 e. The summed E-state index contributed by atoms with van der Waals surface area (Å²) < 4.78 is 7.38. The summed E-state index contributed by atoms with van der Waals surface area (Å²) in [5, 5.41) is 1.03. The van der Waals surface area contributed by atoms with E-state index >= 15 is 0 Å². The number of aromatic nitrogens is 1. The van der Waals surface area contributed by atoms with Crippen LogP contribution in [0.25, 0.3) is 10.9 Å². The summed E-state index contributed by atoms with van der Waals surface area (Å²) in [7, 11) is 3.69. The third kappa shape index (κ3) is 1.38. The van der Waals surface area contributed by atoms with Crippen molar-refractivity contribution in [3.63, 3.8) is 0 Å². The molecule has 3 heteroatoms. The molecule has 0 unspecified atom stereocenters. The number of rotatable bonds is 1. The number of carbonyl (C=O) groups is 1. The molecule has 2 aromatic rings. The first-order valence-electron chi connectivity index (χ1n) is 5.91. The van der Waals surface area contributed by atoms with E-state index in [1.807, 2.05) is 25.2 Å². The average Bonchev–Trinajstić information content (AvgIpc) is 2.64. The molecule has 17 heavy (non-hydrogen) atoms. The van der Waals surface area contributed by atoms with E-state index in [1.54, 1.807) is 7.11 Å². The molecule has 1 aromatic heterocycles. The average molecular weight is 229 g/mol. The molecule has 0 N–H and O–H groups in total. The second kappa shape index (κ2) is 3.62. The Balaban J connectivity index is 2.38. The zero-order chi connectivity index (χ0) is 12.0. The number of nitrogens with zero attached hydrogens (tertiary/aromatic N) is 1. The largest absolute Gasteiger partial charge is 0.497 e. The summed E-state index contributed by atoms with van der Waals surface area (Å²) in [6.45, 7) is 0. The molecule has 1 aliphatic rings. The summed E-state index contributed by atoms with van der Waals surface area (Å²) >= 11 is 0. The molecule has 0 fully saturated rings. The molecular weight excluding hydrogens is 214 g/mol. The number of hydrogen-bond donors (Lipinski definition) is 0. The molecular formula is C14H15NO2. The molecule has 0 atom stereocenters. The number of carbonyl (C=O) groups excluding carboxylic acids is 1. The van der Waals surface area contributed by atoms with Crippen LogP contribution in [0.1, 0.15) is 28.9 Å². The lowest BCUT2D eigenvalue weighted by Gasteiger charge is -2.12. The van der Waals surface area contributed by atoms with E-state index in [0.29, 0.717) is 6.42 Å². The molecule has 3 nitrogen and oxygen atoms in total. The van der Waals surface area contributed by atoms with Crippen LogP contribution in [0.2, 0.25) is 0 Å². The Kier molecular flexibility index (Phi) is 2.21. The van der Waals surface area contributed by atoms with Crippen LogP contribution in [0.4, 0.5) is 0 Å². The molecule has 0 amide bonds. The van der Waals surface area contributed by atoms with Gasteiger partial charge in [0.25, 0.3) is 0 Å². The second-order valence-corrected chi connectivity index (χ2v) is 4.54. The molecule has 0 saturated heterocycles. The molecule has 3 rings (SSSR count). The summed E-state index contributed by atoms with van der Waals surface area (Å²) in [6, 6.07) is 5.94. The Hall–Kier alpha value is -1.77. The fourth-order valence-corrected chi connectivity index (χ4v) is 2.75. The van der Waals surface area contributed by atoms with Crippen molar-refractivity contribution in [2.75, 3.05) is 7.11 Å². The smallest absolute Gasteiger partial charge is 0.165 e. The van der Waals surface area contributed by atoms with E-state index in [0.717, 1.165) is 35.1 Å². The molecule has 1 aromatic carbocycles. The molecule has 0 aliphatic heterocycles. The normalized spacial score (nSPS) is 15.1. The molecule has 0 bridgehead atoms. The Bertz CT molecular complexity index is 610. The van der Waals surface area contributed by atoms with Gasteiger partial charge in [-0.2, -0.15) is 0 Å². The standard InChI is InChI=1S/C14H15NO2/c1-15-11-7-6-9(17-2)8-10(11)14-12(15)4-3-5-13(14)16/h6-8H,3-5H2,1-2H3. The van der Waals surface area contributed by atoms with Gasteiger partial charge in [0, 0.05) is 35.6 Å². The van der Waals surface area contributed by atoms with Gasteiger partial charge >= 0.3 is 0 Å². The number of aryl methyl sites for hydroxylation is 1. The van der Waals surface area contributed by atoms with Gasteiger partial charge in [-0.3, -0.25) is 4.79 Å². The van der Waals surface area contributed by atoms with Crippen LogP contribution in [-0.4, -0.2) is 17.5 Å². The van der Waals surface area contributed by atoms with Crippen LogP contribution >= 0.6 is 0 Å². The fraction of sp³-hybridized carbons (Fsp3) is 0.357. The van der Waals surface area contributed by atoms with Crippen molar-refractivity contribution in [1.29, 1.82) is 0 Å². The van der Waals surface area contributed by atoms with Crippen LogP contribution < -0.4 is 4.74 Å². The van der Waals surface area contributed by atoms with Gasteiger partial charge in [-0.05, 0) is 31.0 Å². The minimum atomic E-state index is 0.269. The quantitative estimate of drug-likeness (QED) is 0.752. The van der Waals surface area contributed by atoms with E-state index in [1.165, 1.54) is 5.69 Å². The van der Waals surface area contributed by atoms with Crippen molar-refractivity contribution < 1.29 is 9.53 Å². The van der Waals surface area contributed by atoms with Crippen molar-refractivity contribution >= 4 is 16.7 Å². The van der Waals surface area contributed by atoms with Crippen LogP contribution in [0.3, 0.4) is 0 Å². The van der Waals surface area contributed by atoms with Gasteiger partial charge in [-0.1, -0.05) is 0 Å². The first-order valence-corrected chi connectivity index (χ1v) is 5.91. The van der Waals surface area contributed by atoms with Crippen molar-refractivity contribution in [1.82, 2.24) is 4.57 Å². The fourth-order valence-electron chi connectivity index (χ4n) is 2.75. The second-order valence-electron chi connectivity index (χ2n) is 4.54. The zero-order valence-corrected chi connectivity index (χ0v) is 10.1. The lowest BCUT2D eigenvalue weighted by atomic mass is 9.94. The topological polar surface area (TPSA) is 31.2 Å². The van der Waals surface area contributed by atoms with Gasteiger partial charge in [-0.25, -0.2) is 0 Å². The minimum absolute atomic E-state index is 0.269. The van der Waals surface area contributed by atoms with Crippen molar-refractivity contribution in [2.45, 2.75) is 19.3 Å². The van der Waals surface area contributed by atoms with Crippen LogP contribution in [0.5, 0.6) is 5.75 Å². The monoisotopic (exact) mass is 229 g/mol. The highest BCUT2D eigenvalue weighted by atomic mass is 16.5. The van der Waals surface area contributed by atoms with Crippen LogP contribution in [0.15, 0.2) is 18.2 Å². The maximum Gasteiger partial charge on any atom is 0.165 e. The molecule has 1 heterocycles. The summed E-state index contributed by atoms with van der Waals surface area (Å²) in [5.41, 5.74) is 3.20. The Labute approximate surface area is 100.0 Å². The Morgan fingerprint density at radius 3 is 2.88 bits per heavy atom. The Morgan fingerprint density at radius 1 is 1.29 bits per heavy atom. The van der Waals surface area contributed by atoms with E-state index in [-0.39, 0.29) is 5.78 Å². The van der Waals surface area contributed by atoms with Crippen molar-refractivity contribution in [2.24, 2.45) is 7.05 Å². The molecule has 88 valence electrons. The first-order chi connectivity index (χ1) is 8.22. The number of benzene rings is 1. The first kappa shape index (κ1) is 10.4. The lowest BCUT2D eigenvalue weighted by Crippen LogP contribution is -2.11. The number of ketones is 1. The Morgan fingerprint density at radius 2 is 2.12 bits per heavy atom. The van der Waals surface area contributed by atoms with E-state index in [2.05, 4.69) is 4.57 Å². The van der Waals surface area contributed by atoms with Gasteiger partial charge in [0.05, 0.1) is 7.11 Å². The van der Waals surface area contributed by atoms with E-state index in [9.17, 15) is 4.79 Å². The predicted octanol–water partition coefficient (Wildman–Crippen LogP) is 2.71. The summed E-state index contributed by atoms with van der Waals surface area (Å²) in [6.07, 6.45) is 2.63. The highest BCUT2D eigenvalue weighted by molar-refractivity contribution is 6.10. The van der Waals surface area contributed by atoms with Gasteiger partial charge in [-0.15, -0.1) is 0 Å². The number of ether oxygens (including phenoxy) is 1. The molecule has 0 spiro atoms. The van der Waals surface area contributed by atoms with Gasteiger partial charge in [0.15, 0.2) is 5.78 Å². The maximum atomic E-state index is 12.1. The van der Waals surface area contributed by atoms with E-state index < -0.39 is 0 Å². The van der Waals surface area contributed by atoms with Gasteiger partial charge < -0.3 is 9.30 Å². The van der Waals surface area contributed by atoms with Gasteiger partial charge in [0.1, 0.15) is 5.75 Å². The van der Waals surface area contributed by atoms with Crippen LogP contribution in [-0.2, 0) is 13.5 Å². The maximum absolute atomic E-state index is 12.1. The third-order valence-electron chi connectivity index (χ3n) is 3.62. The predicted molar refractivity (Wildman–Crippen MR) is 66.7 cm³/mol. The highest BCUT2D eigenvalue weighted by Gasteiger charge is 2.24. The zero-order valence-electron chi connectivity index (χ0n) is 10.1. The molecule has 0 saturated carbocycles. The SMILES string of the molecule is COc1ccc2c(c1)c1c(n2C)CCCC1=O. The van der Waals surface area contributed by atoms with Crippen molar-refractivity contribution in [3.05, 3.63) is 29.5 Å². The number of hydrogen-bond acceptors (Lipinski definition) is 2. The third-order valence-corrected chi connectivity index (χ3v) is 3.62. The molecule has 0 radical (unpaired) electrons. The highest BCUT2D eigenvalue weighted by Crippen LogP contribution is 2.33.